The lowest BCUT2D eigenvalue weighted by molar-refractivity contribution is -0.387. The van der Waals surface area contributed by atoms with E-state index in [1.807, 2.05) is 0 Å². The molecule has 0 unspecified atom stereocenters. The van der Waals surface area contributed by atoms with Crippen LogP contribution in [0, 0.1) is 21.7 Å². The van der Waals surface area contributed by atoms with Gasteiger partial charge in [-0.05, 0) is 13.8 Å². The van der Waals surface area contributed by atoms with Gasteiger partial charge in [0, 0.05) is 19.2 Å². The van der Waals surface area contributed by atoms with Gasteiger partial charge in [-0.2, -0.15) is 4.39 Å². The number of carboxylic acids is 1. The number of nitro benzene ring substituents is 1. The summed E-state index contributed by atoms with van der Waals surface area (Å²) in [5.74, 6) is -5.19. The third kappa shape index (κ3) is 2.96. The number of hydrogen-bond acceptors (Lipinski definition) is 4. The van der Waals surface area contributed by atoms with Crippen LogP contribution in [0.2, 0.25) is 0 Å². The fraction of sp³-hybridized carbons (Fsp3) is 0.333. The summed E-state index contributed by atoms with van der Waals surface area (Å²) >= 11 is 0. The van der Waals surface area contributed by atoms with Gasteiger partial charge in [0.25, 0.3) is 5.91 Å². The maximum atomic E-state index is 13.6. The Labute approximate surface area is 117 Å². The molecule has 0 aliphatic rings. The molecule has 1 N–H and O–H groups in total. The first-order valence-electron chi connectivity index (χ1n) is 5.65. The summed E-state index contributed by atoms with van der Waals surface area (Å²) in [6.07, 6.45) is 0. The molecule has 1 amide bonds. The molecule has 0 saturated carbocycles. The van der Waals surface area contributed by atoms with E-state index in [9.17, 15) is 28.5 Å². The van der Waals surface area contributed by atoms with E-state index in [2.05, 4.69) is 0 Å². The average Bonchev–Trinajstić information content (AvgIpc) is 2.36. The number of likely N-dealkylation sites (N-methyl/N-ethyl adjacent to an activating group) is 1. The van der Waals surface area contributed by atoms with Gasteiger partial charge in [-0.1, -0.05) is 0 Å². The van der Waals surface area contributed by atoms with Crippen molar-refractivity contribution in [1.29, 1.82) is 0 Å². The molecule has 0 heterocycles. The summed E-state index contributed by atoms with van der Waals surface area (Å²) < 4.78 is 26.8. The summed E-state index contributed by atoms with van der Waals surface area (Å²) in [7, 11) is 1.10. The number of nitrogens with zero attached hydrogens (tertiary/aromatic N) is 2. The molecule has 114 valence electrons. The minimum atomic E-state index is -1.67. The smallest absolute Gasteiger partial charge is 0.329 e. The van der Waals surface area contributed by atoms with Crippen molar-refractivity contribution in [2.75, 3.05) is 7.05 Å². The molecular formula is C12H12F2N2O5. The third-order valence-electron chi connectivity index (χ3n) is 3.13. The van der Waals surface area contributed by atoms with E-state index in [1.54, 1.807) is 0 Å². The number of carbonyl (C=O) groups is 2. The molecule has 1 rings (SSSR count). The molecule has 9 heteroatoms. The van der Waals surface area contributed by atoms with E-state index in [0.717, 1.165) is 7.05 Å². The first-order chi connectivity index (χ1) is 9.50. The van der Waals surface area contributed by atoms with Crippen molar-refractivity contribution in [3.63, 3.8) is 0 Å². The molecule has 7 nitrogen and oxygen atoms in total. The normalized spacial score (nSPS) is 11.1. The zero-order valence-electron chi connectivity index (χ0n) is 11.4. The predicted octanol–water partition coefficient (Wildman–Crippen LogP) is 1.81. The monoisotopic (exact) mass is 302 g/mol. The van der Waals surface area contributed by atoms with E-state index < -0.39 is 45.2 Å². The highest BCUT2D eigenvalue weighted by Gasteiger charge is 2.37. The fourth-order valence-electron chi connectivity index (χ4n) is 1.42. The van der Waals surface area contributed by atoms with E-state index in [1.165, 1.54) is 13.8 Å². The highest BCUT2D eigenvalue weighted by Crippen LogP contribution is 2.24. The number of nitro groups is 1. The number of benzene rings is 1. The zero-order chi connectivity index (χ0) is 16.5. The van der Waals surface area contributed by atoms with Crippen LogP contribution >= 0.6 is 0 Å². The first kappa shape index (κ1) is 16.5. The van der Waals surface area contributed by atoms with Gasteiger partial charge in [-0.25, -0.2) is 9.18 Å². The van der Waals surface area contributed by atoms with Gasteiger partial charge in [0.05, 0.1) is 10.5 Å². The van der Waals surface area contributed by atoms with Crippen LogP contribution in [-0.4, -0.2) is 39.4 Å². The number of halogens is 2. The Hall–Kier alpha value is -2.58. The number of rotatable bonds is 4. The molecule has 1 aromatic rings. The summed E-state index contributed by atoms with van der Waals surface area (Å²) in [5, 5.41) is 19.6. The Kier molecular flexibility index (Phi) is 4.26. The van der Waals surface area contributed by atoms with Crippen molar-refractivity contribution in [2.45, 2.75) is 19.4 Å². The molecule has 0 fully saturated rings. The first-order valence-corrected chi connectivity index (χ1v) is 5.65. The highest BCUT2D eigenvalue weighted by atomic mass is 19.1. The Morgan fingerprint density at radius 1 is 1.29 bits per heavy atom. The third-order valence-corrected chi connectivity index (χ3v) is 3.13. The van der Waals surface area contributed by atoms with E-state index in [0.29, 0.717) is 11.0 Å². The lowest BCUT2D eigenvalue weighted by Gasteiger charge is -2.31. The number of aliphatic carboxylic acids is 1. The maximum Gasteiger partial charge on any atom is 0.329 e. The van der Waals surface area contributed by atoms with Crippen LogP contribution in [0.1, 0.15) is 24.2 Å². The summed E-state index contributed by atoms with van der Waals surface area (Å²) in [5.41, 5.74) is -3.52. The van der Waals surface area contributed by atoms with Gasteiger partial charge in [-0.15, -0.1) is 0 Å². The van der Waals surface area contributed by atoms with Gasteiger partial charge >= 0.3 is 11.7 Å². The lowest BCUT2D eigenvalue weighted by Crippen LogP contribution is -2.51. The molecule has 0 spiro atoms. The molecule has 0 aliphatic carbocycles. The van der Waals surface area contributed by atoms with E-state index in [-0.39, 0.29) is 6.07 Å². The van der Waals surface area contributed by atoms with Gasteiger partial charge in [0.15, 0.2) is 0 Å². The van der Waals surface area contributed by atoms with Crippen LogP contribution in [0.5, 0.6) is 0 Å². The number of amides is 1. The second-order valence-corrected chi connectivity index (χ2v) is 4.77. The van der Waals surface area contributed by atoms with Crippen molar-refractivity contribution >= 4 is 17.6 Å². The second-order valence-electron chi connectivity index (χ2n) is 4.77. The Bertz CT molecular complexity index is 630. The largest absolute Gasteiger partial charge is 0.480 e. The topological polar surface area (TPSA) is 101 Å². The molecular weight excluding hydrogens is 290 g/mol. The predicted molar refractivity (Wildman–Crippen MR) is 66.8 cm³/mol. The number of hydrogen-bond donors (Lipinski definition) is 1. The molecule has 1 aromatic carbocycles. The molecule has 0 radical (unpaired) electrons. The number of carbonyl (C=O) groups excluding carboxylic acids is 1. The standard InChI is InChI=1S/C12H12F2N2O5/c1-12(2,11(18)19)15(3)10(17)6-4-9(16(20)21)8(14)5-7(6)13/h4-5H,1-3H3,(H,18,19). The van der Waals surface area contributed by atoms with Crippen LogP contribution in [0.3, 0.4) is 0 Å². The molecule has 0 atom stereocenters. The van der Waals surface area contributed by atoms with Crippen molar-refractivity contribution in [3.05, 3.63) is 39.4 Å². The fourth-order valence-corrected chi connectivity index (χ4v) is 1.42. The van der Waals surface area contributed by atoms with Crippen LogP contribution in [0.15, 0.2) is 12.1 Å². The SMILES string of the molecule is CN(C(=O)c1cc([N+](=O)[O-])c(F)cc1F)C(C)(C)C(=O)O. The molecule has 0 saturated heterocycles. The van der Waals surface area contributed by atoms with Gasteiger partial charge in [0.1, 0.15) is 11.4 Å². The molecule has 0 bridgehead atoms. The summed E-state index contributed by atoms with van der Waals surface area (Å²) in [4.78, 5) is 33.3. The van der Waals surface area contributed by atoms with Crippen molar-refractivity contribution in [2.24, 2.45) is 0 Å². The van der Waals surface area contributed by atoms with Crippen molar-refractivity contribution in [1.82, 2.24) is 4.90 Å². The molecule has 0 aliphatic heterocycles. The Balaban J connectivity index is 3.34. The Morgan fingerprint density at radius 3 is 2.24 bits per heavy atom. The van der Waals surface area contributed by atoms with Crippen LogP contribution < -0.4 is 0 Å². The van der Waals surface area contributed by atoms with Crippen LogP contribution in [0.25, 0.3) is 0 Å². The Morgan fingerprint density at radius 2 is 1.81 bits per heavy atom. The zero-order valence-corrected chi connectivity index (χ0v) is 11.4. The number of carboxylic acid groups (broad SMARTS) is 1. The summed E-state index contributed by atoms with van der Waals surface area (Å²) in [6.45, 7) is 2.39. The van der Waals surface area contributed by atoms with Crippen LogP contribution in [0.4, 0.5) is 14.5 Å². The lowest BCUT2D eigenvalue weighted by atomic mass is 10.0. The quantitative estimate of drug-likeness (QED) is 0.675. The minimum absolute atomic E-state index is 0.215. The van der Waals surface area contributed by atoms with E-state index >= 15 is 0 Å². The molecule has 21 heavy (non-hydrogen) atoms. The van der Waals surface area contributed by atoms with Crippen molar-refractivity contribution in [3.8, 4) is 0 Å². The maximum absolute atomic E-state index is 13.6. The van der Waals surface area contributed by atoms with Crippen LogP contribution in [-0.2, 0) is 4.79 Å². The minimum Gasteiger partial charge on any atom is -0.480 e. The van der Waals surface area contributed by atoms with Gasteiger partial charge in [-0.3, -0.25) is 14.9 Å². The summed E-state index contributed by atoms with van der Waals surface area (Å²) in [6, 6.07) is 0.661. The highest BCUT2D eigenvalue weighted by molar-refractivity contribution is 5.98. The van der Waals surface area contributed by atoms with Gasteiger partial charge in [0.2, 0.25) is 5.82 Å². The van der Waals surface area contributed by atoms with Gasteiger partial charge < -0.3 is 10.0 Å². The average molecular weight is 302 g/mol. The second kappa shape index (κ2) is 5.43. The van der Waals surface area contributed by atoms with Crippen molar-refractivity contribution < 1.29 is 28.4 Å². The van der Waals surface area contributed by atoms with E-state index in [4.69, 9.17) is 5.11 Å². The molecule has 0 aromatic heterocycles.